The number of aromatic nitrogens is 2. The number of imidazole rings is 1. The van der Waals surface area contributed by atoms with Crippen molar-refractivity contribution < 1.29 is 24.2 Å². The Morgan fingerprint density at radius 3 is 2.33 bits per heavy atom. The summed E-state index contributed by atoms with van der Waals surface area (Å²) in [5, 5.41) is 15.3. The molecule has 1 unspecified atom stereocenters. The molecule has 9 nitrogen and oxygen atoms in total. The number of aromatic amines is 1. The lowest BCUT2D eigenvalue weighted by Gasteiger charge is -2.27. The standard InChI is InChI=1S/C24H26N4O5/c1-24(23(31)32,18-10-8-17(9-11-18)16-6-4-3-5-7-16)27-14-21(29)28-20(22(30)33-2)12-19-13-25-15-26-19/h3-11,13,15,20,27H,12,14H2,1-2H3,(H,25,26)(H,28,29)(H,31,32)/t20-,24?/m0/s1. The van der Waals surface area contributed by atoms with Gasteiger partial charge in [0.1, 0.15) is 11.6 Å². The van der Waals surface area contributed by atoms with Crippen molar-refractivity contribution in [3.8, 4) is 11.1 Å². The number of hydrogen-bond donors (Lipinski definition) is 4. The van der Waals surface area contributed by atoms with E-state index in [4.69, 9.17) is 4.74 Å². The first kappa shape index (κ1) is 23.7. The molecule has 0 saturated heterocycles. The van der Waals surface area contributed by atoms with Gasteiger partial charge in [-0.05, 0) is 23.6 Å². The smallest absolute Gasteiger partial charge is 0.328 e. The van der Waals surface area contributed by atoms with Gasteiger partial charge in [0.25, 0.3) is 0 Å². The van der Waals surface area contributed by atoms with E-state index in [-0.39, 0.29) is 13.0 Å². The Morgan fingerprint density at radius 2 is 1.76 bits per heavy atom. The zero-order chi connectivity index (χ0) is 23.8. The molecule has 2 atom stereocenters. The molecule has 0 fully saturated rings. The minimum atomic E-state index is -1.52. The number of amides is 1. The van der Waals surface area contributed by atoms with Crippen LogP contribution in [0.4, 0.5) is 0 Å². The number of carbonyl (C=O) groups excluding carboxylic acids is 2. The second kappa shape index (κ2) is 10.6. The van der Waals surface area contributed by atoms with E-state index in [1.165, 1.54) is 20.4 Å². The number of H-pyrrole nitrogens is 1. The van der Waals surface area contributed by atoms with Gasteiger partial charge < -0.3 is 20.1 Å². The van der Waals surface area contributed by atoms with Gasteiger partial charge in [0.2, 0.25) is 5.91 Å². The molecule has 0 aliphatic rings. The number of methoxy groups -OCH3 is 1. The summed E-state index contributed by atoms with van der Waals surface area (Å²) in [5.41, 5.74) is 1.58. The zero-order valence-electron chi connectivity index (χ0n) is 18.4. The lowest BCUT2D eigenvalue weighted by molar-refractivity contribution is -0.146. The third-order valence-corrected chi connectivity index (χ3v) is 5.40. The molecule has 0 saturated carbocycles. The molecule has 0 radical (unpaired) electrons. The van der Waals surface area contributed by atoms with Crippen molar-refractivity contribution >= 4 is 17.8 Å². The van der Waals surface area contributed by atoms with Crippen molar-refractivity contribution in [3.63, 3.8) is 0 Å². The van der Waals surface area contributed by atoms with Gasteiger partial charge in [-0.3, -0.25) is 10.1 Å². The van der Waals surface area contributed by atoms with Gasteiger partial charge in [-0.15, -0.1) is 0 Å². The number of nitrogens with zero attached hydrogens (tertiary/aromatic N) is 1. The van der Waals surface area contributed by atoms with Crippen molar-refractivity contribution in [1.82, 2.24) is 20.6 Å². The van der Waals surface area contributed by atoms with Crippen LogP contribution in [0, 0.1) is 0 Å². The molecule has 4 N–H and O–H groups in total. The van der Waals surface area contributed by atoms with E-state index >= 15 is 0 Å². The highest BCUT2D eigenvalue weighted by Gasteiger charge is 2.35. The quantitative estimate of drug-likeness (QED) is 0.347. The maximum absolute atomic E-state index is 12.5. The number of rotatable bonds is 10. The number of carbonyl (C=O) groups is 3. The van der Waals surface area contributed by atoms with Crippen LogP contribution in [-0.2, 0) is 31.1 Å². The molecule has 0 aliphatic heterocycles. The fraction of sp³-hybridized carbons (Fsp3) is 0.250. The van der Waals surface area contributed by atoms with Crippen LogP contribution in [0.2, 0.25) is 0 Å². The summed E-state index contributed by atoms with van der Waals surface area (Å²) in [7, 11) is 1.23. The first-order valence-electron chi connectivity index (χ1n) is 10.3. The van der Waals surface area contributed by atoms with E-state index in [9.17, 15) is 19.5 Å². The number of carboxylic acids is 1. The fourth-order valence-corrected chi connectivity index (χ4v) is 3.38. The second-order valence-corrected chi connectivity index (χ2v) is 7.65. The minimum Gasteiger partial charge on any atom is -0.480 e. The lowest BCUT2D eigenvalue weighted by Crippen LogP contribution is -2.52. The summed E-state index contributed by atoms with van der Waals surface area (Å²) in [5.74, 6) is -2.29. The number of esters is 1. The molecule has 0 bridgehead atoms. The number of ether oxygens (including phenoxy) is 1. The van der Waals surface area contributed by atoms with Crippen LogP contribution in [-0.4, -0.2) is 52.6 Å². The molecule has 1 heterocycles. The molecule has 172 valence electrons. The highest BCUT2D eigenvalue weighted by Crippen LogP contribution is 2.25. The number of hydrogen-bond acceptors (Lipinski definition) is 6. The van der Waals surface area contributed by atoms with Crippen molar-refractivity contribution in [2.75, 3.05) is 13.7 Å². The van der Waals surface area contributed by atoms with E-state index < -0.39 is 29.4 Å². The topological polar surface area (TPSA) is 133 Å². The first-order valence-corrected chi connectivity index (χ1v) is 10.3. The van der Waals surface area contributed by atoms with Crippen molar-refractivity contribution in [1.29, 1.82) is 0 Å². The van der Waals surface area contributed by atoms with E-state index in [2.05, 4.69) is 20.6 Å². The maximum Gasteiger partial charge on any atom is 0.328 e. The Bertz CT molecular complexity index is 1080. The molecule has 1 amide bonds. The summed E-state index contributed by atoms with van der Waals surface area (Å²) < 4.78 is 4.76. The number of benzene rings is 2. The molecule has 9 heteroatoms. The molecule has 3 rings (SSSR count). The molecule has 3 aromatic rings. The summed E-state index contributed by atoms with van der Waals surface area (Å²) in [6.07, 6.45) is 3.17. The van der Waals surface area contributed by atoms with Crippen LogP contribution in [0.15, 0.2) is 67.1 Å². The van der Waals surface area contributed by atoms with Gasteiger partial charge in [0, 0.05) is 18.3 Å². The van der Waals surface area contributed by atoms with Gasteiger partial charge in [0.15, 0.2) is 0 Å². The van der Waals surface area contributed by atoms with Gasteiger partial charge >= 0.3 is 11.9 Å². The monoisotopic (exact) mass is 450 g/mol. The maximum atomic E-state index is 12.5. The Kier molecular flexibility index (Phi) is 7.57. The van der Waals surface area contributed by atoms with Gasteiger partial charge in [-0.25, -0.2) is 14.6 Å². The largest absolute Gasteiger partial charge is 0.480 e. The lowest BCUT2D eigenvalue weighted by atomic mass is 9.90. The van der Waals surface area contributed by atoms with Crippen LogP contribution in [0.3, 0.4) is 0 Å². The highest BCUT2D eigenvalue weighted by atomic mass is 16.5. The molecular weight excluding hydrogens is 424 g/mol. The highest BCUT2D eigenvalue weighted by molar-refractivity contribution is 5.87. The van der Waals surface area contributed by atoms with Crippen molar-refractivity contribution in [3.05, 3.63) is 78.4 Å². The van der Waals surface area contributed by atoms with E-state index in [1.807, 2.05) is 42.5 Å². The number of nitrogens with one attached hydrogen (secondary N) is 3. The Labute approximate surface area is 191 Å². The van der Waals surface area contributed by atoms with Gasteiger partial charge in [0.05, 0.1) is 20.0 Å². The summed E-state index contributed by atoms with van der Waals surface area (Å²) >= 11 is 0. The molecule has 0 spiro atoms. The van der Waals surface area contributed by atoms with Gasteiger partial charge in [-0.1, -0.05) is 54.6 Å². The summed E-state index contributed by atoms with van der Waals surface area (Å²) in [6.45, 7) is 1.17. The van der Waals surface area contributed by atoms with Crippen LogP contribution < -0.4 is 10.6 Å². The Balaban J connectivity index is 1.69. The molecule has 2 aromatic carbocycles. The average molecular weight is 450 g/mol. The third kappa shape index (κ3) is 5.83. The van der Waals surface area contributed by atoms with E-state index in [1.54, 1.807) is 18.3 Å². The van der Waals surface area contributed by atoms with Crippen molar-refractivity contribution in [2.45, 2.75) is 24.9 Å². The molecule has 33 heavy (non-hydrogen) atoms. The Morgan fingerprint density at radius 1 is 1.09 bits per heavy atom. The average Bonchev–Trinajstić information content (AvgIpc) is 3.35. The first-order chi connectivity index (χ1) is 15.8. The predicted molar refractivity (Wildman–Crippen MR) is 121 cm³/mol. The van der Waals surface area contributed by atoms with Crippen LogP contribution >= 0.6 is 0 Å². The SMILES string of the molecule is COC(=O)[C@H](Cc1cnc[nH]1)NC(=O)CNC(C)(C(=O)O)c1ccc(-c2ccccc2)cc1. The van der Waals surface area contributed by atoms with Crippen molar-refractivity contribution in [2.24, 2.45) is 0 Å². The Hall–Kier alpha value is -3.98. The zero-order valence-corrected chi connectivity index (χ0v) is 18.4. The second-order valence-electron chi connectivity index (χ2n) is 7.65. The third-order valence-electron chi connectivity index (χ3n) is 5.40. The van der Waals surface area contributed by atoms with Crippen LogP contribution in [0.25, 0.3) is 11.1 Å². The summed E-state index contributed by atoms with van der Waals surface area (Å²) in [4.78, 5) is 43.5. The van der Waals surface area contributed by atoms with Crippen LogP contribution in [0.1, 0.15) is 18.2 Å². The van der Waals surface area contributed by atoms with E-state index in [0.717, 1.165) is 11.1 Å². The van der Waals surface area contributed by atoms with Gasteiger partial charge in [-0.2, -0.15) is 0 Å². The van der Waals surface area contributed by atoms with Crippen LogP contribution in [0.5, 0.6) is 0 Å². The number of carboxylic acid groups (broad SMARTS) is 1. The number of aliphatic carboxylic acids is 1. The molecular formula is C24H26N4O5. The normalized spacial score (nSPS) is 13.5. The fourth-order valence-electron chi connectivity index (χ4n) is 3.38. The molecule has 0 aliphatic carbocycles. The minimum absolute atomic E-state index is 0.162. The van der Waals surface area contributed by atoms with E-state index in [0.29, 0.717) is 11.3 Å². The molecule has 1 aromatic heterocycles. The summed E-state index contributed by atoms with van der Waals surface area (Å²) in [6, 6.07) is 15.9. The predicted octanol–water partition coefficient (Wildman–Crippen LogP) is 1.87.